The topological polar surface area (TPSA) is 49.9 Å². The standard InChI is InChI=1S/C29H28N2O3/c1-2-34-29(33)25-17-18-26-24-16-10-9-11-21(24)19-20-30(26)31(27(25)22-12-5-3-6-13-22)28(32)23-14-7-4-8-15-23/h3-17,26-27H,2,18-20H2,1H3/t26-,27-/m0/s1. The van der Waals surface area contributed by atoms with Crippen LogP contribution in [0.2, 0.25) is 0 Å². The molecule has 2 atom stereocenters. The molecular formula is C29H28N2O3. The van der Waals surface area contributed by atoms with Gasteiger partial charge in [-0.1, -0.05) is 78.9 Å². The number of esters is 1. The highest BCUT2D eigenvalue weighted by molar-refractivity contribution is 5.97. The second kappa shape index (κ2) is 9.65. The van der Waals surface area contributed by atoms with E-state index in [0.717, 1.165) is 12.0 Å². The van der Waals surface area contributed by atoms with Crippen LogP contribution in [0.1, 0.15) is 52.5 Å². The van der Waals surface area contributed by atoms with Crippen molar-refractivity contribution >= 4 is 11.9 Å². The molecule has 172 valence electrons. The van der Waals surface area contributed by atoms with Crippen molar-refractivity contribution in [3.05, 3.63) is 119 Å². The van der Waals surface area contributed by atoms with Crippen molar-refractivity contribution in [1.82, 2.24) is 10.0 Å². The number of nitrogens with zero attached hydrogens (tertiary/aromatic N) is 2. The van der Waals surface area contributed by atoms with Gasteiger partial charge in [0.05, 0.1) is 18.2 Å². The van der Waals surface area contributed by atoms with Crippen molar-refractivity contribution in [2.75, 3.05) is 13.2 Å². The Morgan fingerprint density at radius 3 is 2.32 bits per heavy atom. The highest BCUT2D eigenvalue weighted by Gasteiger charge is 2.43. The minimum absolute atomic E-state index is 0.0456. The van der Waals surface area contributed by atoms with E-state index in [1.165, 1.54) is 11.1 Å². The molecule has 0 bridgehead atoms. The lowest BCUT2D eigenvalue weighted by molar-refractivity contribution is -0.140. The van der Waals surface area contributed by atoms with Gasteiger partial charge in [0.1, 0.15) is 6.04 Å². The number of carbonyl (C=O) groups is 2. The van der Waals surface area contributed by atoms with Gasteiger partial charge in [0.2, 0.25) is 0 Å². The zero-order valence-electron chi connectivity index (χ0n) is 19.3. The van der Waals surface area contributed by atoms with E-state index in [9.17, 15) is 9.59 Å². The van der Waals surface area contributed by atoms with Crippen LogP contribution in [0.25, 0.3) is 0 Å². The summed E-state index contributed by atoms with van der Waals surface area (Å²) >= 11 is 0. The summed E-state index contributed by atoms with van der Waals surface area (Å²) in [7, 11) is 0. The Hall–Kier alpha value is -3.70. The van der Waals surface area contributed by atoms with Gasteiger partial charge in [-0.05, 0) is 48.6 Å². The number of benzene rings is 3. The van der Waals surface area contributed by atoms with Crippen LogP contribution in [0.3, 0.4) is 0 Å². The quantitative estimate of drug-likeness (QED) is 0.506. The predicted octanol–water partition coefficient (Wildman–Crippen LogP) is 5.28. The molecule has 2 heterocycles. The summed E-state index contributed by atoms with van der Waals surface area (Å²) in [5, 5.41) is 3.97. The molecule has 0 spiro atoms. The molecule has 2 aliphatic rings. The highest BCUT2D eigenvalue weighted by Crippen LogP contribution is 2.43. The van der Waals surface area contributed by atoms with Crippen molar-refractivity contribution < 1.29 is 14.3 Å². The number of hydrogen-bond donors (Lipinski definition) is 0. The Morgan fingerprint density at radius 2 is 1.59 bits per heavy atom. The zero-order chi connectivity index (χ0) is 23.5. The van der Waals surface area contributed by atoms with Crippen molar-refractivity contribution in [2.45, 2.75) is 31.8 Å². The molecule has 0 fully saturated rings. The lowest BCUT2D eigenvalue weighted by Crippen LogP contribution is -2.52. The number of hydrazine groups is 1. The van der Waals surface area contributed by atoms with Gasteiger partial charge >= 0.3 is 5.97 Å². The Balaban J connectivity index is 1.70. The molecule has 0 unspecified atom stereocenters. The molecule has 0 saturated heterocycles. The first-order valence-electron chi connectivity index (χ1n) is 11.8. The minimum Gasteiger partial charge on any atom is -0.463 e. The zero-order valence-corrected chi connectivity index (χ0v) is 19.3. The summed E-state index contributed by atoms with van der Waals surface area (Å²) < 4.78 is 5.48. The molecule has 0 radical (unpaired) electrons. The van der Waals surface area contributed by atoms with Gasteiger partial charge in [-0.25, -0.2) is 9.80 Å². The van der Waals surface area contributed by atoms with E-state index < -0.39 is 6.04 Å². The van der Waals surface area contributed by atoms with Crippen LogP contribution in [0, 0.1) is 0 Å². The van der Waals surface area contributed by atoms with Crippen molar-refractivity contribution in [1.29, 1.82) is 0 Å². The van der Waals surface area contributed by atoms with Gasteiger partial charge < -0.3 is 4.74 Å². The maximum absolute atomic E-state index is 14.1. The molecule has 0 aliphatic carbocycles. The normalized spacial score (nSPS) is 19.9. The molecule has 5 nitrogen and oxygen atoms in total. The van der Waals surface area contributed by atoms with Crippen LogP contribution in [-0.2, 0) is 16.0 Å². The molecule has 5 rings (SSSR count). The number of hydrogen-bond acceptors (Lipinski definition) is 4. The van der Waals surface area contributed by atoms with E-state index in [1.807, 2.05) is 72.8 Å². The fourth-order valence-electron chi connectivity index (χ4n) is 5.09. The van der Waals surface area contributed by atoms with Gasteiger partial charge in [-0.3, -0.25) is 9.80 Å². The molecule has 5 heteroatoms. The lowest BCUT2D eigenvalue weighted by atomic mass is 9.91. The van der Waals surface area contributed by atoms with Gasteiger partial charge in [0.25, 0.3) is 5.91 Å². The van der Waals surface area contributed by atoms with E-state index in [4.69, 9.17) is 4.74 Å². The first kappa shape index (κ1) is 22.1. The molecule has 2 aliphatic heterocycles. The van der Waals surface area contributed by atoms with Crippen LogP contribution >= 0.6 is 0 Å². The lowest BCUT2D eigenvalue weighted by Gasteiger charge is -2.45. The largest absolute Gasteiger partial charge is 0.463 e. The summed E-state index contributed by atoms with van der Waals surface area (Å²) in [6.45, 7) is 2.77. The molecule has 0 aromatic heterocycles. The van der Waals surface area contributed by atoms with Crippen LogP contribution in [0.4, 0.5) is 0 Å². The third kappa shape index (κ3) is 4.03. The second-order valence-corrected chi connectivity index (χ2v) is 8.57. The summed E-state index contributed by atoms with van der Waals surface area (Å²) in [5.41, 5.74) is 4.47. The third-order valence-electron chi connectivity index (χ3n) is 6.62. The Bertz CT molecular complexity index is 1210. The van der Waals surface area contributed by atoms with E-state index >= 15 is 0 Å². The first-order chi connectivity index (χ1) is 16.7. The van der Waals surface area contributed by atoms with Gasteiger partial charge in [-0.15, -0.1) is 0 Å². The monoisotopic (exact) mass is 452 g/mol. The van der Waals surface area contributed by atoms with Gasteiger partial charge in [-0.2, -0.15) is 0 Å². The van der Waals surface area contributed by atoms with Crippen molar-refractivity contribution in [2.24, 2.45) is 0 Å². The number of amides is 1. The molecule has 34 heavy (non-hydrogen) atoms. The SMILES string of the molecule is CCOC(=O)C1=CC[C@H]2c3ccccc3CCN2N(C(=O)c2ccccc2)[C@H]1c1ccccc1. The summed E-state index contributed by atoms with van der Waals surface area (Å²) in [4.78, 5) is 27.4. The second-order valence-electron chi connectivity index (χ2n) is 8.57. The van der Waals surface area contributed by atoms with E-state index in [0.29, 0.717) is 24.1 Å². The van der Waals surface area contributed by atoms with Crippen LogP contribution in [0.15, 0.2) is 96.6 Å². The van der Waals surface area contributed by atoms with Gasteiger partial charge in [0, 0.05) is 12.1 Å². The van der Waals surface area contributed by atoms with Gasteiger partial charge in [0.15, 0.2) is 0 Å². The molecule has 0 saturated carbocycles. The van der Waals surface area contributed by atoms with Crippen LogP contribution in [-0.4, -0.2) is 35.0 Å². The first-order valence-corrected chi connectivity index (χ1v) is 11.8. The number of carbonyl (C=O) groups excluding carboxylic acids is 2. The molecule has 1 amide bonds. The van der Waals surface area contributed by atoms with Crippen molar-refractivity contribution in [3.8, 4) is 0 Å². The average molecular weight is 453 g/mol. The Kier molecular flexibility index (Phi) is 6.28. The average Bonchev–Trinajstić information content (AvgIpc) is 3.07. The van der Waals surface area contributed by atoms with E-state index in [-0.39, 0.29) is 24.5 Å². The van der Waals surface area contributed by atoms with Crippen LogP contribution in [0.5, 0.6) is 0 Å². The smallest absolute Gasteiger partial charge is 0.336 e. The highest BCUT2D eigenvalue weighted by atomic mass is 16.5. The summed E-state index contributed by atoms with van der Waals surface area (Å²) in [6.07, 6.45) is 3.43. The van der Waals surface area contributed by atoms with Crippen molar-refractivity contribution in [3.63, 3.8) is 0 Å². The molecular weight excluding hydrogens is 424 g/mol. The fraction of sp³-hybridized carbons (Fsp3) is 0.241. The summed E-state index contributed by atoms with van der Waals surface area (Å²) in [5.74, 6) is -0.508. The minimum atomic E-state index is -0.580. The maximum Gasteiger partial charge on any atom is 0.336 e. The molecule has 0 N–H and O–H groups in total. The number of ether oxygens (including phenoxy) is 1. The molecule has 3 aromatic rings. The Labute approximate surface area is 200 Å². The van der Waals surface area contributed by atoms with E-state index in [1.54, 1.807) is 11.9 Å². The number of fused-ring (bicyclic) bond motifs is 3. The third-order valence-corrected chi connectivity index (χ3v) is 6.62. The summed E-state index contributed by atoms with van der Waals surface area (Å²) in [6, 6.07) is 26.8. The molecule has 3 aromatic carbocycles. The van der Waals surface area contributed by atoms with Crippen LogP contribution < -0.4 is 0 Å². The fourth-order valence-corrected chi connectivity index (χ4v) is 5.09. The number of rotatable bonds is 4. The Morgan fingerprint density at radius 1 is 0.912 bits per heavy atom. The predicted molar refractivity (Wildman–Crippen MR) is 131 cm³/mol. The van der Waals surface area contributed by atoms with E-state index in [2.05, 4.69) is 23.2 Å². The maximum atomic E-state index is 14.1.